The van der Waals surface area contributed by atoms with Crippen molar-refractivity contribution in [1.29, 1.82) is 0 Å². The molecule has 1 unspecified atom stereocenters. The molecule has 8 heteroatoms. The Bertz CT molecular complexity index is 1070. The molecular weight excluding hydrogens is 392 g/mol. The molecule has 150 valence electrons. The van der Waals surface area contributed by atoms with Gasteiger partial charge in [-0.25, -0.2) is 0 Å². The quantitative estimate of drug-likeness (QED) is 0.555. The molecule has 29 heavy (non-hydrogen) atoms. The van der Waals surface area contributed by atoms with Crippen LogP contribution in [0, 0.1) is 0 Å². The van der Waals surface area contributed by atoms with Gasteiger partial charge in [-0.05, 0) is 50.1 Å². The molecule has 2 heterocycles. The Morgan fingerprint density at radius 2 is 2.00 bits per heavy atom. The van der Waals surface area contributed by atoms with E-state index in [-0.39, 0.29) is 11.6 Å². The summed E-state index contributed by atoms with van der Waals surface area (Å²) in [6.45, 7) is 1.51. The van der Waals surface area contributed by atoms with E-state index in [4.69, 9.17) is 11.6 Å². The summed E-state index contributed by atoms with van der Waals surface area (Å²) in [4.78, 5) is 17.3. The molecule has 0 bridgehead atoms. The molecule has 1 aliphatic rings. The second-order valence-electron chi connectivity index (χ2n) is 7.35. The van der Waals surface area contributed by atoms with Crippen molar-refractivity contribution in [1.82, 2.24) is 20.1 Å². The van der Waals surface area contributed by atoms with Crippen LogP contribution in [-0.2, 0) is 5.72 Å². The first-order chi connectivity index (χ1) is 13.8. The number of nitrogens with zero attached hydrogens (tertiary/aromatic N) is 3. The molecule has 0 aliphatic heterocycles. The number of rotatable bonds is 5. The normalized spacial score (nSPS) is 20.7. The Hall–Kier alpha value is -2.58. The number of benzene rings is 1. The van der Waals surface area contributed by atoms with Gasteiger partial charge < -0.3 is 10.2 Å². The maximum absolute atomic E-state index is 13.2. The molecule has 1 saturated carbocycles. The van der Waals surface area contributed by atoms with Crippen LogP contribution < -0.4 is 10.9 Å². The number of halogens is 1. The van der Waals surface area contributed by atoms with Crippen LogP contribution >= 0.6 is 11.6 Å². The van der Waals surface area contributed by atoms with Gasteiger partial charge in [0.15, 0.2) is 0 Å². The van der Waals surface area contributed by atoms with Gasteiger partial charge in [0, 0.05) is 22.8 Å². The fourth-order valence-electron chi connectivity index (χ4n) is 3.35. The lowest BCUT2D eigenvalue weighted by atomic mass is 9.87. The number of pyridine rings is 1. The highest BCUT2D eigenvalue weighted by molar-refractivity contribution is 6.30. The maximum Gasteiger partial charge on any atom is 0.279 e. The van der Waals surface area contributed by atoms with Crippen molar-refractivity contribution in [3.63, 3.8) is 0 Å². The number of aliphatic hydroxyl groups excluding tert-OH is 1. The Labute approximate surface area is 172 Å². The third-order valence-electron chi connectivity index (χ3n) is 5.17. The summed E-state index contributed by atoms with van der Waals surface area (Å²) in [7, 11) is 0. The van der Waals surface area contributed by atoms with E-state index in [1.54, 1.807) is 48.7 Å². The largest absolute Gasteiger partial charge is 0.392 e. The molecule has 4 rings (SSSR count). The zero-order valence-corrected chi connectivity index (χ0v) is 16.5. The standard InChI is InChI=1S/C21H21ClN4O3/c1-21(29,24-17-8-9-19(17)27)16-11-18(13-4-6-14(22)7-5-13)25-26(20(16)28)15-3-2-10-23-12-15/h2-7,10-12,17,19,24,27,29H,8-9H2,1H3/t17-,19+,21?/m1/s1. The molecule has 3 aromatic rings. The molecule has 0 spiro atoms. The number of hydrogen-bond acceptors (Lipinski definition) is 6. The van der Waals surface area contributed by atoms with Gasteiger partial charge in [-0.2, -0.15) is 9.78 Å². The first-order valence-corrected chi connectivity index (χ1v) is 9.72. The van der Waals surface area contributed by atoms with E-state index in [1.807, 2.05) is 0 Å². The molecule has 3 atom stereocenters. The van der Waals surface area contributed by atoms with Crippen LogP contribution in [-0.4, -0.2) is 37.1 Å². The van der Waals surface area contributed by atoms with Gasteiger partial charge in [0.1, 0.15) is 5.72 Å². The van der Waals surface area contributed by atoms with Gasteiger partial charge in [0.2, 0.25) is 0 Å². The Morgan fingerprint density at radius 3 is 2.59 bits per heavy atom. The lowest BCUT2D eigenvalue weighted by Gasteiger charge is -2.39. The summed E-state index contributed by atoms with van der Waals surface area (Å²) in [5.41, 5.74) is -0.280. The van der Waals surface area contributed by atoms with Crippen molar-refractivity contribution in [3.8, 4) is 16.9 Å². The van der Waals surface area contributed by atoms with Gasteiger partial charge in [0.25, 0.3) is 5.56 Å². The molecule has 1 aliphatic carbocycles. The van der Waals surface area contributed by atoms with Crippen LogP contribution in [0.25, 0.3) is 16.9 Å². The van der Waals surface area contributed by atoms with E-state index < -0.39 is 17.4 Å². The molecule has 0 amide bonds. The van der Waals surface area contributed by atoms with E-state index in [9.17, 15) is 15.0 Å². The smallest absolute Gasteiger partial charge is 0.279 e. The predicted octanol–water partition coefficient (Wildman–Crippen LogP) is 2.23. The average Bonchev–Trinajstić information content (AvgIpc) is 2.72. The summed E-state index contributed by atoms with van der Waals surface area (Å²) in [6.07, 6.45) is 3.98. The molecule has 3 N–H and O–H groups in total. The number of nitrogens with one attached hydrogen (secondary N) is 1. The molecular formula is C21H21ClN4O3. The summed E-state index contributed by atoms with van der Waals surface area (Å²) < 4.78 is 1.22. The van der Waals surface area contributed by atoms with Crippen molar-refractivity contribution in [2.45, 2.75) is 37.6 Å². The molecule has 1 aromatic carbocycles. The van der Waals surface area contributed by atoms with Crippen LogP contribution in [0.1, 0.15) is 25.3 Å². The fourth-order valence-corrected chi connectivity index (χ4v) is 3.47. The van der Waals surface area contributed by atoms with E-state index in [0.717, 1.165) is 12.0 Å². The molecule has 7 nitrogen and oxygen atoms in total. The second kappa shape index (κ2) is 7.68. The van der Waals surface area contributed by atoms with Crippen LogP contribution in [0.5, 0.6) is 0 Å². The van der Waals surface area contributed by atoms with Gasteiger partial charge in [0.05, 0.1) is 29.2 Å². The highest BCUT2D eigenvalue weighted by Crippen LogP contribution is 2.27. The lowest BCUT2D eigenvalue weighted by Crippen LogP contribution is -2.57. The predicted molar refractivity (Wildman–Crippen MR) is 110 cm³/mol. The van der Waals surface area contributed by atoms with E-state index >= 15 is 0 Å². The summed E-state index contributed by atoms with van der Waals surface area (Å²) in [5, 5.41) is 29.1. The van der Waals surface area contributed by atoms with Gasteiger partial charge in [-0.3, -0.25) is 15.1 Å². The minimum atomic E-state index is -1.66. The van der Waals surface area contributed by atoms with E-state index in [0.29, 0.717) is 22.8 Å². The molecule has 1 fully saturated rings. The minimum Gasteiger partial charge on any atom is -0.392 e. The van der Waals surface area contributed by atoms with Crippen molar-refractivity contribution in [3.05, 3.63) is 75.8 Å². The maximum atomic E-state index is 13.2. The molecule has 0 saturated heterocycles. The second-order valence-corrected chi connectivity index (χ2v) is 7.78. The Morgan fingerprint density at radius 1 is 1.24 bits per heavy atom. The van der Waals surface area contributed by atoms with Crippen molar-refractivity contribution >= 4 is 11.6 Å². The minimum absolute atomic E-state index is 0.125. The van der Waals surface area contributed by atoms with E-state index in [2.05, 4.69) is 15.4 Å². The molecule has 2 aromatic heterocycles. The average molecular weight is 413 g/mol. The zero-order chi connectivity index (χ0) is 20.6. The van der Waals surface area contributed by atoms with Crippen LogP contribution in [0.15, 0.2) is 59.7 Å². The third-order valence-corrected chi connectivity index (χ3v) is 5.42. The van der Waals surface area contributed by atoms with Crippen molar-refractivity contribution in [2.75, 3.05) is 0 Å². The Kier molecular flexibility index (Phi) is 5.23. The summed E-state index contributed by atoms with van der Waals surface area (Å²) in [6, 6.07) is 11.8. The highest BCUT2D eigenvalue weighted by atomic mass is 35.5. The number of hydrogen-bond donors (Lipinski definition) is 3. The SMILES string of the molecule is CC(O)(N[C@@H]1CC[C@@H]1O)c1cc(-c2ccc(Cl)cc2)nn(-c2cccnc2)c1=O. The van der Waals surface area contributed by atoms with Gasteiger partial charge in [-0.1, -0.05) is 23.7 Å². The number of aliphatic hydroxyl groups is 2. The van der Waals surface area contributed by atoms with Gasteiger partial charge in [-0.15, -0.1) is 0 Å². The molecule has 0 radical (unpaired) electrons. The van der Waals surface area contributed by atoms with Crippen molar-refractivity contribution in [2.24, 2.45) is 0 Å². The monoisotopic (exact) mass is 412 g/mol. The summed E-state index contributed by atoms with van der Waals surface area (Å²) >= 11 is 5.99. The summed E-state index contributed by atoms with van der Waals surface area (Å²) in [5.74, 6) is 0. The topological polar surface area (TPSA) is 100 Å². The van der Waals surface area contributed by atoms with Crippen LogP contribution in [0.4, 0.5) is 0 Å². The third kappa shape index (κ3) is 3.95. The van der Waals surface area contributed by atoms with Gasteiger partial charge >= 0.3 is 0 Å². The van der Waals surface area contributed by atoms with Crippen molar-refractivity contribution < 1.29 is 10.2 Å². The van der Waals surface area contributed by atoms with E-state index in [1.165, 1.54) is 17.8 Å². The van der Waals surface area contributed by atoms with Crippen LogP contribution in [0.2, 0.25) is 5.02 Å². The zero-order valence-electron chi connectivity index (χ0n) is 15.8. The van der Waals surface area contributed by atoms with Crippen LogP contribution in [0.3, 0.4) is 0 Å². The first kappa shape index (κ1) is 19.7. The first-order valence-electron chi connectivity index (χ1n) is 9.34. The Balaban J connectivity index is 1.86. The number of aromatic nitrogens is 3. The highest BCUT2D eigenvalue weighted by Gasteiger charge is 2.37. The fraction of sp³-hybridized carbons (Fsp3) is 0.286. The lowest BCUT2D eigenvalue weighted by molar-refractivity contribution is -0.0452.